The maximum absolute atomic E-state index is 12.1. The molecule has 0 atom stereocenters. The van der Waals surface area contributed by atoms with Crippen LogP contribution in [0.15, 0.2) is 36.2 Å². The van der Waals surface area contributed by atoms with Crippen molar-refractivity contribution in [2.75, 3.05) is 20.3 Å². The van der Waals surface area contributed by atoms with E-state index in [0.29, 0.717) is 31.5 Å². The van der Waals surface area contributed by atoms with Gasteiger partial charge in [0, 0.05) is 0 Å². The molecule has 0 saturated heterocycles. The number of benzene rings is 1. The third-order valence-electron chi connectivity index (χ3n) is 2.35. The lowest BCUT2D eigenvalue weighted by Crippen LogP contribution is -1.99. The summed E-state index contributed by atoms with van der Waals surface area (Å²) in [5.41, 5.74) is 1.38. The Hall–Kier alpha value is -1.39. The summed E-state index contributed by atoms with van der Waals surface area (Å²) < 4.78 is 22.5. The monoisotopic (exact) mass is 240 g/mol. The van der Waals surface area contributed by atoms with E-state index in [1.165, 1.54) is 0 Å². The second-order valence-corrected chi connectivity index (χ2v) is 3.58. The number of halogens is 1. The number of methoxy groups -OCH3 is 1. The summed E-state index contributed by atoms with van der Waals surface area (Å²) in [6, 6.07) is 7.55. The number of aliphatic hydroxyl groups is 1. The van der Waals surface area contributed by atoms with Crippen LogP contribution in [0, 0.1) is 0 Å². The van der Waals surface area contributed by atoms with Crippen LogP contribution in [0.2, 0.25) is 0 Å². The lowest BCUT2D eigenvalue weighted by molar-refractivity contribution is 0.121. The number of hydrogen-bond acceptors (Lipinski definition) is 3. The van der Waals surface area contributed by atoms with Gasteiger partial charge in [-0.15, -0.1) is 0 Å². The number of rotatable bonds is 7. The number of hydrogen-bond donors (Lipinski definition) is 1. The zero-order valence-corrected chi connectivity index (χ0v) is 9.86. The molecule has 0 unspecified atom stereocenters. The van der Waals surface area contributed by atoms with Crippen LogP contribution in [-0.2, 0) is 11.3 Å². The van der Waals surface area contributed by atoms with Crippen molar-refractivity contribution in [3.8, 4) is 5.75 Å². The van der Waals surface area contributed by atoms with Crippen LogP contribution in [0.4, 0.5) is 4.39 Å². The van der Waals surface area contributed by atoms with Gasteiger partial charge in [-0.25, -0.2) is 4.39 Å². The van der Waals surface area contributed by atoms with Crippen molar-refractivity contribution >= 4 is 0 Å². The molecule has 1 N–H and O–H groups in total. The first-order valence-corrected chi connectivity index (χ1v) is 5.39. The van der Waals surface area contributed by atoms with Gasteiger partial charge in [0.15, 0.2) is 0 Å². The molecule has 94 valence electrons. The molecular formula is C13H17FO3. The van der Waals surface area contributed by atoms with Gasteiger partial charge in [0.05, 0.1) is 33.3 Å². The minimum Gasteiger partial charge on any atom is -0.497 e. The molecule has 0 aliphatic heterocycles. The fourth-order valence-corrected chi connectivity index (χ4v) is 1.28. The largest absolute Gasteiger partial charge is 0.497 e. The molecule has 1 aromatic carbocycles. The molecule has 17 heavy (non-hydrogen) atoms. The summed E-state index contributed by atoms with van der Waals surface area (Å²) >= 11 is 0. The Bertz CT molecular complexity index is 346. The summed E-state index contributed by atoms with van der Waals surface area (Å²) in [6.45, 7) is 0.597. The minimum absolute atomic E-state index is 0.262. The van der Waals surface area contributed by atoms with E-state index < -0.39 is 0 Å². The molecule has 0 aliphatic carbocycles. The van der Waals surface area contributed by atoms with Crippen molar-refractivity contribution < 1.29 is 19.0 Å². The van der Waals surface area contributed by atoms with Gasteiger partial charge < -0.3 is 14.6 Å². The highest BCUT2D eigenvalue weighted by Crippen LogP contribution is 2.12. The van der Waals surface area contributed by atoms with Gasteiger partial charge in [-0.1, -0.05) is 12.1 Å². The zero-order chi connectivity index (χ0) is 12.5. The van der Waals surface area contributed by atoms with Crippen LogP contribution < -0.4 is 4.74 Å². The lowest BCUT2D eigenvalue weighted by atomic mass is 10.2. The normalized spacial score (nSPS) is 11.6. The molecule has 0 radical (unpaired) electrons. The SMILES string of the molecule is COc1ccc(COCCC(=CF)CO)cc1. The Kier molecular flexibility index (Phi) is 6.29. The smallest absolute Gasteiger partial charge is 0.118 e. The van der Waals surface area contributed by atoms with Crippen molar-refractivity contribution in [2.45, 2.75) is 13.0 Å². The molecule has 0 amide bonds. The number of aliphatic hydroxyl groups excluding tert-OH is 1. The van der Waals surface area contributed by atoms with Crippen LogP contribution in [0.5, 0.6) is 5.75 Å². The first-order valence-electron chi connectivity index (χ1n) is 5.39. The Morgan fingerprint density at radius 1 is 1.35 bits per heavy atom. The van der Waals surface area contributed by atoms with E-state index in [1.54, 1.807) is 7.11 Å². The topological polar surface area (TPSA) is 38.7 Å². The van der Waals surface area contributed by atoms with E-state index in [0.717, 1.165) is 11.3 Å². The second-order valence-electron chi connectivity index (χ2n) is 3.58. The molecule has 3 nitrogen and oxygen atoms in total. The average Bonchev–Trinajstić information content (AvgIpc) is 2.40. The van der Waals surface area contributed by atoms with Gasteiger partial charge in [-0.05, 0) is 29.7 Å². The highest BCUT2D eigenvalue weighted by molar-refractivity contribution is 5.26. The maximum Gasteiger partial charge on any atom is 0.118 e. The molecular weight excluding hydrogens is 223 g/mol. The highest BCUT2D eigenvalue weighted by atomic mass is 19.1. The van der Waals surface area contributed by atoms with Gasteiger partial charge in [0.2, 0.25) is 0 Å². The summed E-state index contributed by atoms with van der Waals surface area (Å²) in [5.74, 6) is 0.802. The molecule has 0 saturated carbocycles. The predicted octanol–water partition coefficient (Wildman–Crippen LogP) is 2.45. The zero-order valence-electron chi connectivity index (χ0n) is 9.86. The first-order chi connectivity index (χ1) is 8.30. The Morgan fingerprint density at radius 3 is 2.59 bits per heavy atom. The second kappa shape index (κ2) is 7.81. The van der Waals surface area contributed by atoms with Crippen molar-refractivity contribution in [3.05, 3.63) is 41.7 Å². The van der Waals surface area contributed by atoms with Crippen molar-refractivity contribution in [1.82, 2.24) is 0 Å². The molecule has 1 rings (SSSR count). The van der Waals surface area contributed by atoms with E-state index in [-0.39, 0.29) is 6.61 Å². The van der Waals surface area contributed by atoms with Gasteiger partial charge in [0.25, 0.3) is 0 Å². The number of ether oxygens (including phenoxy) is 2. The minimum atomic E-state index is -0.262. The molecule has 0 heterocycles. The van der Waals surface area contributed by atoms with E-state index in [4.69, 9.17) is 14.6 Å². The molecule has 0 fully saturated rings. The third-order valence-corrected chi connectivity index (χ3v) is 2.35. The standard InChI is InChI=1S/C13H17FO3/c1-16-13-4-2-11(3-5-13)10-17-7-6-12(8-14)9-15/h2-5,8,15H,6-7,9-10H2,1H3. The van der Waals surface area contributed by atoms with E-state index in [1.807, 2.05) is 24.3 Å². The lowest BCUT2D eigenvalue weighted by Gasteiger charge is -2.06. The van der Waals surface area contributed by atoms with Crippen LogP contribution in [0.3, 0.4) is 0 Å². The first kappa shape index (κ1) is 13.7. The Balaban J connectivity index is 2.26. The van der Waals surface area contributed by atoms with E-state index >= 15 is 0 Å². The molecule has 0 aliphatic rings. The van der Waals surface area contributed by atoms with Crippen LogP contribution in [0.25, 0.3) is 0 Å². The summed E-state index contributed by atoms with van der Waals surface area (Å²) in [7, 11) is 1.62. The fraction of sp³-hybridized carbons (Fsp3) is 0.385. The van der Waals surface area contributed by atoms with Gasteiger partial charge in [0.1, 0.15) is 5.75 Å². The summed E-state index contributed by atoms with van der Waals surface area (Å²) in [5, 5.41) is 8.72. The third kappa shape index (κ3) is 4.97. The molecule has 4 heteroatoms. The average molecular weight is 240 g/mol. The van der Waals surface area contributed by atoms with Crippen molar-refractivity contribution in [1.29, 1.82) is 0 Å². The maximum atomic E-state index is 12.1. The van der Waals surface area contributed by atoms with Crippen molar-refractivity contribution in [3.63, 3.8) is 0 Å². The van der Waals surface area contributed by atoms with Crippen LogP contribution in [-0.4, -0.2) is 25.4 Å². The molecule has 0 aromatic heterocycles. The van der Waals surface area contributed by atoms with E-state index in [9.17, 15) is 4.39 Å². The quantitative estimate of drug-likeness (QED) is 0.744. The molecule has 0 bridgehead atoms. The van der Waals surface area contributed by atoms with Gasteiger partial charge in [-0.3, -0.25) is 0 Å². The van der Waals surface area contributed by atoms with E-state index in [2.05, 4.69) is 0 Å². The van der Waals surface area contributed by atoms with Gasteiger partial charge >= 0.3 is 0 Å². The molecule has 1 aromatic rings. The summed E-state index contributed by atoms with van der Waals surface area (Å²) in [6.07, 6.45) is 0.833. The van der Waals surface area contributed by atoms with Crippen LogP contribution in [0.1, 0.15) is 12.0 Å². The Labute approximate surface area is 100 Å². The predicted molar refractivity (Wildman–Crippen MR) is 63.5 cm³/mol. The van der Waals surface area contributed by atoms with Crippen LogP contribution >= 0.6 is 0 Å². The molecule has 0 spiro atoms. The highest BCUT2D eigenvalue weighted by Gasteiger charge is 1.98. The fourth-order valence-electron chi connectivity index (χ4n) is 1.28. The van der Waals surface area contributed by atoms with Crippen molar-refractivity contribution in [2.24, 2.45) is 0 Å². The van der Waals surface area contributed by atoms with Gasteiger partial charge in [-0.2, -0.15) is 0 Å². The Morgan fingerprint density at radius 2 is 2.06 bits per heavy atom. The summed E-state index contributed by atoms with van der Waals surface area (Å²) in [4.78, 5) is 0.